The van der Waals surface area contributed by atoms with Gasteiger partial charge in [-0.25, -0.2) is 12.7 Å². The average Bonchev–Trinajstić information content (AvgIpc) is 2.87. The maximum absolute atomic E-state index is 12.5. The van der Waals surface area contributed by atoms with Gasteiger partial charge in [0.1, 0.15) is 4.90 Å². The number of rotatable bonds is 6. The molecule has 0 bridgehead atoms. The van der Waals surface area contributed by atoms with Gasteiger partial charge in [-0.2, -0.15) is 0 Å². The van der Waals surface area contributed by atoms with Crippen molar-refractivity contribution in [1.29, 1.82) is 0 Å². The number of benzene rings is 1. The molecule has 0 fully saturated rings. The third kappa shape index (κ3) is 3.53. The summed E-state index contributed by atoms with van der Waals surface area (Å²) in [7, 11) is -0.0626. The van der Waals surface area contributed by atoms with E-state index in [0.29, 0.717) is 24.4 Å². The molecule has 114 valence electrons. The molecule has 0 radical (unpaired) electrons. The standard InChI is InChI=1S/C15H21N3O2S/c1-17-12-15(10-14(17)11-16)21(19,20)18(2)9-8-13-6-4-3-5-7-13/h3-7,10,12H,8-9,11,16H2,1-2H3. The van der Waals surface area contributed by atoms with E-state index >= 15 is 0 Å². The molecule has 2 N–H and O–H groups in total. The van der Waals surface area contributed by atoms with Crippen molar-refractivity contribution in [2.24, 2.45) is 12.8 Å². The Labute approximate surface area is 126 Å². The summed E-state index contributed by atoms with van der Waals surface area (Å²) in [6, 6.07) is 11.5. The Morgan fingerprint density at radius 1 is 1.24 bits per heavy atom. The van der Waals surface area contributed by atoms with Crippen LogP contribution in [0.1, 0.15) is 11.3 Å². The van der Waals surface area contributed by atoms with E-state index in [1.54, 1.807) is 30.9 Å². The maximum atomic E-state index is 12.5. The molecule has 0 aliphatic heterocycles. The Kier molecular flexibility index (Phi) is 4.82. The molecule has 21 heavy (non-hydrogen) atoms. The quantitative estimate of drug-likeness (QED) is 0.876. The van der Waals surface area contributed by atoms with Gasteiger partial charge in [0.2, 0.25) is 10.0 Å². The number of likely N-dealkylation sites (N-methyl/N-ethyl adjacent to an activating group) is 1. The lowest BCUT2D eigenvalue weighted by Gasteiger charge is -2.16. The van der Waals surface area contributed by atoms with Crippen LogP contribution in [-0.2, 0) is 30.0 Å². The van der Waals surface area contributed by atoms with Crippen LogP contribution in [0.25, 0.3) is 0 Å². The molecule has 0 saturated carbocycles. The summed E-state index contributed by atoms with van der Waals surface area (Å²) in [6.07, 6.45) is 2.30. The molecule has 2 aromatic rings. The largest absolute Gasteiger partial charge is 0.352 e. The van der Waals surface area contributed by atoms with Gasteiger partial charge in [-0.15, -0.1) is 0 Å². The first-order chi connectivity index (χ1) is 9.95. The molecule has 1 heterocycles. The van der Waals surface area contributed by atoms with Crippen LogP contribution in [-0.4, -0.2) is 30.9 Å². The summed E-state index contributed by atoms with van der Waals surface area (Å²) in [6.45, 7) is 0.763. The van der Waals surface area contributed by atoms with Crippen molar-refractivity contribution in [1.82, 2.24) is 8.87 Å². The predicted octanol–water partition coefficient (Wildman–Crippen LogP) is 1.35. The summed E-state index contributed by atoms with van der Waals surface area (Å²) < 4.78 is 28.1. The highest BCUT2D eigenvalue weighted by Gasteiger charge is 2.22. The molecule has 0 saturated heterocycles. The normalized spacial score (nSPS) is 12.0. The van der Waals surface area contributed by atoms with Gasteiger partial charge in [-0.05, 0) is 18.1 Å². The zero-order chi connectivity index (χ0) is 15.5. The molecule has 0 aliphatic rings. The van der Waals surface area contributed by atoms with Crippen molar-refractivity contribution >= 4 is 10.0 Å². The van der Waals surface area contributed by atoms with Crippen molar-refractivity contribution in [2.75, 3.05) is 13.6 Å². The first-order valence-electron chi connectivity index (χ1n) is 6.80. The van der Waals surface area contributed by atoms with Crippen LogP contribution < -0.4 is 5.73 Å². The Balaban J connectivity index is 2.11. The van der Waals surface area contributed by atoms with Crippen molar-refractivity contribution in [3.8, 4) is 0 Å². The number of aryl methyl sites for hydroxylation is 1. The van der Waals surface area contributed by atoms with Crippen LogP contribution in [0.2, 0.25) is 0 Å². The Hall–Kier alpha value is -1.63. The fourth-order valence-electron chi connectivity index (χ4n) is 2.15. The van der Waals surface area contributed by atoms with Gasteiger partial charge >= 0.3 is 0 Å². The maximum Gasteiger partial charge on any atom is 0.244 e. The Bertz CT molecular complexity index is 693. The van der Waals surface area contributed by atoms with Crippen LogP contribution in [0, 0.1) is 0 Å². The highest BCUT2D eigenvalue weighted by Crippen LogP contribution is 2.17. The molecule has 0 atom stereocenters. The number of nitrogens with two attached hydrogens (primary N) is 1. The lowest BCUT2D eigenvalue weighted by Crippen LogP contribution is -2.28. The molecule has 5 nitrogen and oxygen atoms in total. The first-order valence-corrected chi connectivity index (χ1v) is 8.24. The van der Waals surface area contributed by atoms with Gasteiger partial charge in [-0.3, -0.25) is 0 Å². The predicted molar refractivity (Wildman–Crippen MR) is 83.3 cm³/mol. The second-order valence-corrected chi connectivity index (χ2v) is 7.09. The highest BCUT2D eigenvalue weighted by atomic mass is 32.2. The molecule has 0 aliphatic carbocycles. The van der Waals surface area contributed by atoms with Crippen molar-refractivity contribution in [3.05, 3.63) is 53.9 Å². The van der Waals surface area contributed by atoms with Crippen LogP contribution >= 0.6 is 0 Å². The third-order valence-corrected chi connectivity index (χ3v) is 5.38. The molecule has 0 amide bonds. The zero-order valence-corrected chi connectivity index (χ0v) is 13.2. The highest BCUT2D eigenvalue weighted by molar-refractivity contribution is 7.89. The molecule has 0 unspecified atom stereocenters. The average molecular weight is 307 g/mol. The number of hydrogen-bond donors (Lipinski definition) is 1. The second-order valence-electron chi connectivity index (χ2n) is 5.04. The molecular weight excluding hydrogens is 286 g/mol. The van der Waals surface area contributed by atoms with E-state index in [9.17, 15) is 8.42 Å². The molecule has 1 aromatic heterocycles. The minimum absolute atomic E-state index is 0.293. The van der Waals surface area contributed by atoms with Crippen molar-refractivity contribution < 1.29 is 8.42 Å². The van der Waals surface area contributed by atoms with Crippen molar-refractivity contribution in [2.45, 2.75) is 17.9 Å². The van der Waals surface area contributed by atoms with E-state index < -0.39 is 10.0 Å². The minimum atomic E-state index is -3.46. The summed E-state index contributed by atoms with van der Waals surface area (Å²) in [5.74, 6) is 0. The van der Waals surface area contributed by atoms with Crippen LogP contribution in [0.4, 0.5) is 0 Å². The fourth-order valence-corrected chi connectivity index (χ4v) is 3.42. The number of nitrogens with zero attached hydrogens (tertiary/aromatic N) is 2. The minimum Gasteiger partial charge on any atom is -0.352 e. The van der Waals surface area contributed by atoms with E-state index in [4.69, 9.17) is 5.73 Å². The van der Waals surface area contributed by atoms with E-state index in [1.807, 2.05) is 30.3 Å². The van der Waals surface area contributed by atoms with Crippen LogP contribution in [0.15, 0.2) is 47.5 Å². The molecule has 1 aromatic carbocycles. The summed E-state index contributed by atoms with van der Waals surface area (Å²) in [5.41, 5.74) is 7.51. The smallest absolute Gasteiger partial charge is 0.244 e. The van der Waals surface area contributed by atoms with Gasteiger partial charge in [0, 0.05) is 39.1 Å². The summed E-state index contributed by atoms with van der Waals surface area (Å²) in [4.78, 5) is 0.293. The van der Waals surface area contributed by atoms with Crippen LogP contribution in [0.5, 0.6) is 0 Å². The van der Waals surface area contributed by atoms with Gasteiger partial charge in [0.05, 0.1) is 0 Å². The second kappa shape index (κ2) is 6.43. The van der Waals surface area contributed by atoms with E-state index in [1.165, 1.54) is 4.31 Å². The van der Waals surface area contributed by atoms with Gasteiger partial charge in [0.25, 0.3) is 0 Å². The number of aromatic nitrogens is 1. The van der Waals surface area contributed by atoms with Gasteiger partial charge in [0.15, 0.2) is 0 Å². The number of sulfonamides is 1. The lowest BCUT2D eigenvalue weighted by molar-refractivity contribution is 0.472. The monoisotopic (exact) mass is 307 g/mol. The van der Waals surface area contributed by atoms with Crippen molar-refractivity contribution in [3.63, 3.8) is 0 Å². The van der Waals surface area contributed by atoms with E-state index in [0.717, 1.165) is 11.3 Å². The zero-order valence-electron chi connectivity index (χ0n) is 12.4. The van der Waals surface area contributed by atoms with E-state index in [2.05, 4.69) is 0 Å². The summed E-state index contributed by atoms with van der Waals surface area (Å²) >= 11 is 0. The van der Waals surface area contributed by atoms with Crippen LogP contribution in [0.3, 0.4) is 0 Å². The topological polar surface area (TPSA) is 68.3 Å². The van der Waals surface area contributed by atoms with Gasteiger partial charge < -0.3 is 10.3 Å². The SMILES string of the molecule is CN(CCc1ccccc1)S(=O)(=O)c1cc(CN)n(C)c1. The van der Waals surface area contributed by atoms with E-state index in [-0.39, 0.29) is 0 Å². The Morgan fingerprint density at radius 3 is 2.48 bits per heavy atom. The fraction of sp³-hybridized carbons (Fsp3) is 0.333. The molecule has 0 spiro atoms. The number of hydrogen-bond acceptors (Lipinski definition) is 3. The summed E-state index contributed by atoms with van der Waals surface area (Å²) in [5, 5.41) is 0. The van der Waals surface area contributed by atoms with Gasteiger partial charge in [-0.1, -0.05) is 30.3 Å². The molecular formula is C15H21N3O2S. The third-order valence-electron chi connectivity index (χ3n) is 3.56. The first kappa shape index (κ1) is 15.8. The Morgan fingerprint density at radius 2 is 1.90 bits per heavy atom. The lowest BCUT2D eigenvalue weighted by atomic mass is 10.2. The molecule has 6 heteroatoms. The molecule has 2 rings (SSSR count).